The molecule has 0 radical (unpaired) electrons. The van der Waals surface area contributed by atoms with Crippen molar-refractivity contribution in [3.63, 3.8) is 0 Å². The van der Waals surface area contributed by atoms with Crippen LogP contribution in [0.1, 0.15) is 57.6 Å². The van der Waals surface area contributed by atoms with Gasteiger partial charge < -0.3 is 10.1 Å². The molecule has 0 aliphatic heterocycles. The minimum Gasteiger partial charge on any atom is -0.369 e. The third-order valence-electron chi connectivity index (χ3n) is 3.50. The van der Waals surface area contributed by atoms with Crippen LogP contribution in [0.4, 0.5) is 0 Å². The molecule has 1 N–H and O–H groups in total. The number of unbranched alkanes of at least 4 members (excludes halogenated alkanes) is 3. The van der Waals surface area contributed by atoms with Crippen LogP contribution in [-0.2, 0) is 4.74 Å². The summed E-state index contributed by atoms with van der Waals surface area (Å²) in [5, 5.41) is 3.97. The predicted octanol–water partition coefficient (Wildman–Crippen LogP) is 4.98. The third kappa shape index (κ3) is 6.25. The van der Waals surface area contributed by atoms with Crippen LogP contribution in [-0.4, -0.2) is 19.7 Å². The van der Waals surface area contributed by atoms with Gasteiger partial charge in [-0.05, 0) is 26.5 Å². The van der Waals surface area contributed by atoms with E-state index in [0.717, 1.165) is 23.6 Å². The zero-order valence-corrected chi connectivity index (χ0v) is 13.7. The number of nitrogens with one attached hydrogen (secondary N) is 1. The van der Waals surface area contributed by atoms with Crippen LogP contribution in [0.5, 0.6) is 0 Å². The topological polar surface area (TPSA) is 21.3 Å². The van der Waals surface area contributed by atoms with Crippen LogP contribution in [0.15, 0.2) is 24.3 Å². The molecule has 0 saturated carbocycles. The van der Waals surface area contributed by atoms with Crippen molar-refractivity contribution in [3.05, 3.63) is 34.9 Å². The zero-order valence-electron chi connectivity index (χ0n) is 13.0. The van der Waals surface area contributed by atoms with Gasteiger partial charge in [0.15, 0.2) is 0 Å². The van der Waals surface area contributed by atoms with Gasteiger partial charge in [-0.2, -0.15) is 0 Å². The fraction of sp³-hybridized carbons (Fsp3) is 0.647. The van der Waals surface area contributed by atoms with E-state index in [2.05, 4.69) is 19.2 Å². The van der Waals surface area contributed by atoms with E-state index in [1.54, 1.807) is 0 Å². The quantitative estimate of drug-likeness (QED) is 0.615. The van der Waals surface area contributed by atoms with E-state index in [4.69, 9.17) is 16.3 Å². The summed E-state index contributed by atoms with van der Waals surface area (Å²) in [6.45, 7) is 5.18. The molecule has 1 aromatic rings. The molecule has 2 unspecified atom stereocenters. The molecule has 1 rings (SSSR count). The number of benzene rings is 1. The molecule has 0 aliphatic rings. The van der Waals surface area contributed by atoms with Crippen molar-refractivity contribution in [2.75, 3.05) is 13.6 Å². The first-order valence-corrected chi connectivity index (χ1v) is 8.11. The Balaban J connectivity index is 2.52. The minimum atomic E-state index is 0.0230. The summed E-state index contributed by atoms with van der Waals surface area (Å²) in [7, 11) is 1.94. The molecule has 0 heterocycles. The standard InChI is InChI=1S/C17H28ClNO/c1-4-5-6-7-10-14(2)20-17(13-19-3)15-11-8-9-12-16(15)18/h8-9,11-12,14,17,19H,4-7,10,13H2,1-3H3. The van der Waals surface area contributed by atoms with Crippen LogP contribution < -0.4 is 5.32 Å². The van der Waals surface area contributed by atoms with Crippen molar-refractivity contribution in [2.24, 2.45) is 0 Å². The molecule has 0 fully saturated rings. The first-order chi connectivity index (χ1) is 9.69. The van der Waals surface area contributed by atoms with Gasteiger partial charge in [0.1, 0.15) is 0 Å². The monoisotopic (exact) mass is 297 g/mol. The van der Waals surface area contributed by atoms with E-state index in [-0.39, 0.29) is 12.2 Å². The smallest absolute Gasteiger partial charge is 0.0967 e. The average Bonchev–Trinajstić information content (AvgIpc) is 2.44. The summed E-state index contributed by atoms with van der Waals surface area (Å²) in [6.07, 6.45) is 6.53. The number of rotatable bonds is 10. The molecule has 0 saturated heterocycles. The van der Waals surface area contributed by atoms with Gasteiger partial charge >= 0.3 is 0 Å². The average molecular weight is 298 g/mol. The molecular formula is C17H28ClNO. The third-order valence-corrected chi connectivity index (χ3v) is 3.85. The molecule has 3 heteroatoms. The summed E-state index contributed by atoms with van der Waals surface area (Å²) < 4.78 is 6.19. The Kier molecular flexibility index (Phi) is 8.92. The van der Waals surface area contributed by atoms with E-state index >= 15 is 0 Å². The summed E-state index contributed by atoms with van der Waals surface area (Å²) in [4.78, 5) is 0. The van der Waals surface area contributed by atoms with Gasteiger partial charge in [0.2, 0.25) is 0 Å². The lowest BCUT2D eigenvalue weighted by molar-refractivity contribution is -0.00713. The minimum absolute atomic E-state index is 0.0230. The lowest BCUT2D eigenvalue weighted by Gasteiger charge is -2.23. The van der Waals surface area contributed by atoms with E-state index in [1.807, 2.05) is 31.3 Å². The van der Waals surface area contributed by atoms with Gasteiger partial charge in [-0.25, -0.2) is 0 Å². The number of hydrogen-bond donors (Lipinski definition) is 1. The van der Waals surface area contributed by atoms with Crippen molar-refractivity contribution in [3.8, 4) is 0 Å². The Labute approximate surface area is 128 Å². The largest absolute Gasteiger partial charge is 0.369 e. The fourth-order valence-corrected chi connectivity index (χ4v) is 2.62. The first kappa shape index (κ1) is 17.5. The second-order valence-corrected chi connectivity index (χ2v) is 5.77. The molecule has 0 bridgehead atoms. The Morgan fingerprint density at radius 2 is 1.95 bits per heavy atom. The van der Waals surface area contributed by atoms with Gasteiger partial charge in [-0.15, -0.1) is 0 Å². The molecule has 1 aromatic carbocycles. The Morgan fingerprint density at radius 3 is 2.60 bits per heavy atom. The van der Waals surface area contributed by atoms with Gasteiger partial charge in [0.25, 0.3) is 0 Å². The molecule has 20 heavy (non-hydrogen) atoms. The number of halogens is 1. The highest BCUT2D eigenvalue weighted by atomic mass is 35.5. The van der Waals surface area contributed by atoms with E-state index in [1.165, 1.54) is 25.7 Å². The normalized spacial score (nSPS) is 14.2. The maximum atomic E-state index is 6.28. The molecule has 2 nitrogen and oxygen atoms in total. The van der Waals surface area contributed by atoms with Crippen LogP contribution in [0.3, 0.4) is 0 Å². The van der Waals surface area contributed by atoms with Gasteiger partial charge in [0, 0.05) is 17.1 Å². The van der Waals surface area contributed by atoms with Crippen molar-refractivity contribution < 1.29 is 4.74 Å². The van der Waals surface area contributed by atoms with Crippen LogP contribution in [0.2, 0.25) is 5.02 Å². The Bertz CT molecular complexity index is 370. The summed E-state index contributed by atoms with van der Waals surface area (Å²) >= 11 is 6.28. The number of ether oxygens (including phenoxy) is 1. The van der Waals surface area contributed by atoms with Gasteiger partial charge in [-0.3, -0.25) is 0 Å². The lowest BCUT2D eigenvalue weighted by atomic mass is 10.1. The van der Waals surface area contributed by atoms with Crippen molar-refractivity contribution in [2.45, 2.75) is 58.2 Å². The van der Waals surface area contributed by atoms with E-state index in [9.17, 15) is 0 Å². The first-order valence-electron chi connectivity index (χ1n) is 7.73. The number of hydrogen-bond acceptors (Lipinski definition) is 2. The van der Waals surface area contributed by atoms with E-state index in [0.29, 0.717) is 0 Å². The lowest BCUT2D eigenvalue weighted by Crippen LogP contribution is -2.23. The van der Waals surface area contributed by atoms with Gasteiger partial charge in [-0.1, -0.05) is 62.4 Å². The maximum absolute atomic E-state index is 6.28. The van der Waals surface area contributed by atoms with Crippen LogP contribution in [0, 0.1) is 0 Å². The van der Waals surface area contributed by atoms with E-state index < -0.39 is 0 Å². The molecule has 0 aromatic heterocycles. The van der Waals surface area contributed by atoms with Crippen LogP contribution in [0.25, 0.3) is 0 Å². The van der Waals surface area contributed by atoms with Crippen molar-refractivity contribution in [1.29, 1.82) is 0 Å². The molecule has 0 spiro atoms. The highest BCUT2D eigenvalue weighted by Crippen LogP contribution is 2.27. The summed E-state index contributed by atoms with van der Waals surface area (Å²) in [5.41, 5.74) is 1.07. The maximum Gasteiger partial charge on any atom is 0.0967 e. The Hall–Kier alpha value is -0.570. The summed E-state index contributed by atoms with van der Waals surface area (Å²) in [6, 6.07) is 7.94. The molecule has 114 valence electrons. The predicted molar refractivity (Wildman–Crippen MR) is 87.4 cm³/mol. The Morgan fingerprint density at radius 1 is 1.20 bits per heavy atom. The highest BCUT2D eigenvalue weighted by molar-refractivity contribution is 6.31. The second kappa shape index (κ2) is 10.2. The molecule has 0 aliphatic carbocycles. The SMILES string of the molecule is CCCCCCC(C)OC(CNC)c1ccccc1Cl. The highest BCUT2D eigenvalue weighted by Gasteiger charge is 2.17. The fourth-order valence-electron chi connectivity index (χ4n) is 2.36. The summed E-state index contributed by atoms with van der Waals surface area (Å²) in [5.74, 6) is 0. The molecule has 0 amide bonds. The molecular weight excluding hydrogens is 270 g/mol. The molecule has 2 atom stereocenters. The van der Waals surface area contributed by atoms with Crippen LogP contribution >= 0.6 is 11.6 Å². The van der Waals surface area contributed by atoms with Crippen molar-refractivity contribution >= 4 is 11.6 Å². The van der Waals surface area contributed by atoms with Crippen molar-refractivity contribution in [1.82, 2.24) is 5.32 Å². The van der Waals surface area contributed by atoms with Gasteiger partial charge in [0.05, 0.1) is 12.2 Å². The number of likely N-dealkylation sites (N-methyl/N-ethyl adjacent to an activating group) is 1. The zero-order chi connectivity index (χ0) is 14.8. The second-order valence-electron chi connectivity index (χ2n) is 5.36.